The van der Waals surface area contributed by atoms with E-state index >= 15 is 4.39 Å². The summed E-state index contributed by atoms with van der Waals surface area (Å²) >= 11 is 0. The van der Waals surface area contributed by atoms with Crippen LogP contribution >= 0.6 is 0 Å². The van der Waals surface area contributed by atoms with Gasteiger partial charge in [-0.1, -0.05) is 32.4 Å². The quantitative estimate of drug-likeness (QED) is 0.0796. The first-order valence-corrected chi connectivity index (χ1v) is 22.9. The third-order valence-electron chi connectivity index (χ3n) is 11.8. The number of anilines is 3. The number of halogens is 9. The number of carbonyl (C=O) groups excluding carboxylic acids is 2. The number of hydrogen-bond acceptors (Lipinski definition) is 12. The smallest absolute Gasteiger partial charge is 0.418 e. The molecule has 15 nitrogen and oxygen atoms in total. The highest BCUT2D eigenvalue weighted by atomic mass is 19.4. The Bertz CT molecular complexity index is 3450. The second-order valence-electron chi connectivity index (χ2n) is 17.4. The van der Waals surface area contributed by atoms with Gasteiger partial charge in [-0.15, -0.1) is 10.2 Å². The number of hydrogen-bond donors (Lipinski definition) is 2. The van der Waals surface area contributed by atoms with Crippen LogP contribution in [0.4, 0.5) is 56.8 Å². The third-order valence-corrected chi connectivity index (χ3v) is 11.8. The van der Waals surface area contributed by atoms with Crippen LogP contribution < -0.4 is 21.2 Å². The SMILES string of the molecule is C=CC(=O)N1CCN(c2nc(=O)n(-c3c(C)ccnc3C(C)C)c3nc(-c4c(O)cccc4F)c(F)cc23)C(C)C1.Nc1ccc(C#CCN(C(=O)Cc2ncc(C(F)(F)F)cc2C(F)(F)F)c2ccc(F)cc2)nn1. The van der Waals surface area contributed by atoms with Crippen molar-refractivity contribution in [1.29, 1.82) is 0 Å². The first-order valence-electron chi connectivity index (χ1n) is 22.9. The average Bonchev–Trinajstić information content (AvgIpc) is 3.36. The number of amides is 2. The number of nitrogen functional groups attached to an aromatic ring is 1. The second-order valence-corrected chi connectivity index (χ2v) is 17.4. The summed E-state index contributed by atoms with van der Waals surface area (Å²) < 4.78 is 124. The van der Waals surface area contributed by atoms with E-state index < -0.39 is 81.6 Å². The Balaban J connectivity index is 0.000000224. The third kappa shape index (κ3) is 12.0. The largest absolute Gasteiger partial charge is 0.507 e. The van der Waals surface area contributed by atoms with Crippen LogP contribution in [0.5, 0.6) is 5.75 Å². The van der Waals surface area contributed by atoms with Crippen molar-refractivity contribution in [2.24, 2.45) is 0 Å². The lowest BCUT2D eigenvalue weighted by Gasteiger charge is -2.40. The van der Waals surface area contributed by atoms with Gasteiger partial charge in [0.1, 0.15) is 40.4 Å². The highest BCUT2D eigenvalue weighted by molar-refractivity contribution is 5.95. The normalized spacial score (nSPS) is 13.7. The van der Waals surface area contributed by atoms with E-state index in [4.69, 9.17) is 5.73 Å². The fourth-order valence-corrected chi connectivity index (χ4v) is 8.17. The molecule has 5 aromatic heterocycles. The Labute approximate surface area is 427 Å². The molecule has 8 rings (SSSR count). The number of alkyl halides is 6. The van der Waals surface area contributed by atoms with E-state index in [0.717, 1.165) is 29.2 Å². The zero-order chi connectivity index (χ0) is 55.4. The van der Waals surface area contributed by atoms with E-state index in [1.807, 2.05) is 32.6 Å². The molecule has 0 saturated carbocycles. The molecular formula is C52H44F9N11O4. The molecule has 2 amide bonds. The second kappa shape index (κ2) is 22.3. The molecule has 394 valence electrons. The van der Waals surface area contributed by atoms with Crippen LogP contribution in [-0.2, 0) is 28.4 Å². The predicted octanol–water partition coefficient (Wildman–Crippen LogP) is 8.74. The molecule has 0 radical (unpaired) electrons. The van der Waals surface area contributed by atoms with Gasteiger partial charge >= 0.3 is 18.0 Å². The van der Waals surface area contributed by atoms with E-state index in [2.05, 4.69) is 48.6 Å². The predicted molar refractivity (Wildman–Crippen MR) is 262 cm³/mol. The van der Waals surface area contributed by atoms with E-state index in [1.54, 1.807) is 17.2 Å². The van der Waals surface area contributed by atoms with Crippen molar-refractivity contribution < 1.29 is 54.2 Å². The monoisotopic (exact) mass is 1060 g/mol. The van der Waals surface area contributed by atoms with Crippen molar-refractivity contribution in [2.75, 3.05) is 41.7 Å². The maximum atomic E-state index is 15.8. The fourth-order valence-electron chi connectivity index (χ4n) is 8.17. The number of piperazine rings is 1. The van der Waals surface area contributed by atoms with Crippen molar-refractivity contribution in [2.45, 2.75) is 58.4 Å². The number of aromatic hydroxyl groups is 1. The summed E-state index contributed by atoms with van der Waals surface area (Å²) in [6.07, 6.45) is -8.13. The highest BCUT2D eigenvalue weighted by Gasteiger charge is 2.40. The number of benzene rings is 2. The van der Waals surface area contributed by atoms with Gasteiger partial charge in [-0.05, 0) is 104 Å². The standard InChI is InChI=1S/C30H30F2N6O3.C22H14F7N5O/c1-6-23(40)36-12-13-37(18(5)15-36)28-19-14-21(32)26(24-20(31)8-7-9-22(24)39)34-29(19)38(30(41)35-28)27-17(4)10-11-33-25(27)16(2)3;23-14-3-6-16(7-4-14)34(9-1-2-15-5-8-19(30)33-32-15)20(35)11-18-17(22(27,28)29)10-13(12-31-18)21(24,25)26/h6-11,14,16,18,39H,1,12-13,15H2,2-5H3;3-8,10,12H,9,11H2,(H2,30,33). The molecule has 1 fully saturated rings. The average molecular weight is 1060 g/mol. The Morgan fingerprint density at radius 1 is 0.934 bits per heavy atom. The Morgan fingerprint density at radius 2 is 1.66 bits per heavy atom. The number of carbonyl (C=O) groups is 2. The zero-order valence-corrected chi connectivity index (χ0v) is 40.7. The van der Waals surface area contributed by atoms with Crippen LogP contribution in [-0.4, -0.2) is 88.7 Å². The number of fused-ring (bicyclic) bond motifs is 1. The van der Waals surface area contributed by atoms with Gasteiger partial charge in [-0.3, -0.25) is 19.6 Å². The molecule has 1 aliphatic heterocycles. The van der Waals surface area contributed by atoms with Crippen LogP contribution in [0.3, 0.4) is 0 Å². The van der Waals surface area contributed by atoms with Gasteiger partial charge in [-0.25, -0.2) is 27.5 Å². The first kappa shape index (κ1) is 54.9. The van der Waals surface area contributed by atoms with Gasteiger partial charge < -0.3 is 25.5 Å². The number of rotatable bonds is 9. The summed E-state index contributed by atoms with van der Waals surface area (Å²) in [6, 6.07) is 13.5. The lowest BCUT2D eigenvalue weighted by molar-refractivity contribution is -0.144. The molecule has 0 aliphatic carbocycles. The zero-order valence-electron chi connectivity index (χ0n) is 40.7. The molecule has 1 saturated heterocycles. The Kier molecular flexibility index (Phi) is 16.1. The summed E-state index contributed by atoms with van der Waals surface area (Å²) in [5.41, 5.74) is 1.78. The minimum atomic E-state index is -5.20. The van der Waals surface area contributed by atoms with Gasteiger partial charge in [0.25, 0.3) is 0 Å². The molecule has 3 N–H and O–H groups in total. The molecule has 2 aromatic carbocycles. The molecular weight excluding hydrogens is 1010 g/mol. The number of aromatic nitrogens is 7. The summed E-state index contributed by atoms with van der Waals surface area (Å²) in [5, 5.41) is 18.0. The number of nitrogens with zero attached hydrogens (tertiary/aromatic N) is 10. The van der Waals surface area contributed by atoms with Gasteiger partial charge in [0, 0.05) is 43.8 Å². The fraction of sp³-hybridized carbons (Fsp3) is 0.250. The molecule has 1 unspecified atom stereocenters. The number of pyridine rings is 3. The minimum Gasteiger partial charge on any atom is -0.507 e. The van der Waals surface area contributed by atoms with Crippen LogP contribution in [0.1, 0.15) is 60.5 Å². The van der Waals surface area contributed by atoms with Crippen molar-refractivity contribution in [1.82, 2.24) is 39.6 Å². The van der Waals surface area contributed by atoms with Gasteiger partial charge in [0.05, 0.1) is 52.1 Å². The van der Waals surface area contributed by atoms with Gasteiger partial charge in [0.2, 0.25) is 11.8 Å². The van der Waals surface area contributed by atoms with Gasteiger partial charge in [-0.2, -0.15) is 31.3 Å². The summed E-state index contributed by atoms with van der Waals surface area (Å²) in [5.74, 6) is 1.39. The summed E-state index contributed by atoms with van der Waals surface area (Å²) in [7, 11) is 0. The van der Waals surface area contributed by atoms with E-state index in [-0.39, 0.29) is 70.7 Å². The lowest BCUT2D eigenvalue weighted by atomic mass is 10.0. The minimum absolute atomic E-state index is 0.0360. The Morgan fingerprint density at radius 3 is 2.28 bits per heavy atom. The lowest BCUT2D eigenvalue weighted by Crippen LogP contribution is -2.54. The van der Waals surface area contributed by atoms with Gasteiger partial charge in [0.15, 0.2) is 11.5 Å². The van der Waals surface area contributed by atoms with Crippen LogP contribution in [0.2, 0.25) is 0 Å². The number of nitrogens with two attached hydrogens (primary N) is 1. The molecule has 76 heavy (non-hydrogen) atoms. The molecule has 1 aliphatic rings. The van der Waals surface area contributed by atoms with Crippen molar-refractivity contribution in [3.8, 4) is 34.5 Å². The van der Waals surface area contributed by atoms with Crippen LogP contribution in [0, 0.1) is 36.2 Å². The molecule has 0 bridgehead atoms. The van der Waals surface area contributed by atoms with E-state index in [1.165, 1.54) is 47.0 Å². The Hall–Kier alpha value is -8.88. The van der Waals surface area contributed by atoms with Crippen molar-refractivity contribution >= 4 is 40.2 Å². The highest BCUT2D eigenvalue weighted by Crippen LogP contribution is 2.39. The number of phenols is 1. The topological polar surface area (TPSA) is 189 Å². The molecule has 0 spiro atoms. The van der Waals surface area contributed by atoms with Crippen LogP contribution in [0.15, 0.2) is 103 Å². The molecule has 7 aromatic rings. The molecule has 24 heteroatoms. The summed E-state index contributed by atoms with van der Waals surface area (Å²) in [4.78, 5) is 60.1. The van der Waals surface area contributed by atoms with E-state index in [9.17, 15) is 54.6 Å². The summed E-state index contributed by atoms with van der Waals surface area (Å²) in [6.45, 7) is 11.8. The maximum Gasteiger partial charge on any atom is 0.418 e. The maximum absolute atomic E-state index is 15.8. The van der Waals surface area contributed by atoms with Crippen molar-refractivity contribution in [3.63, 3.8) is 0 Å². The van der Waals surface area contributed by atoms with Crippen molar-refractivity contribution in [3.05, 3.63) is 160 Å². The van der Waals surface area contributed by atoms with E-state index in [0.29, 0.717) is 36.6 Å². The number of phenolic OH excluding ortho intramolecular Hbond substituents is 1. The number of aryl methyl sites for hydroxylation is 1. The first-order chi connectivity index (χ1) is 35.9. The molecule has 1 atom stereocenters. The van der Waals surface area contributed by atoms with Crippen LogP contribution in [0.25, 0.3) is 28.0 Å². The molecule has 6 heterocycles.